The summed E-state index contributed by atoms with van der Waals surface area (Å²) in [4.78, 5) is 0. The minimum atomic E-state index is 0.114. The van der Waals surface area contributed by atoms with Gasteiger partial charge >= 0.3 is 0 Å². The summed E-state index contributed by atoms with van der Waals surface area (Å²) in [5.41, 5.74) is 0.114. The van der Waals surface area contributed by atoms with Crippen LogP contribution in [0.5, 0.6) is 0 Å². The Kier molecular flexibility index (Phi) is 7.25. The van der Waals surface area contributed by atoms with Gasteiger partial charge in [0.2, 0.25) is 0 Å². The molecular weight excluding hydrogens is 184 g/mol. The van der Waals surface area contributed by atoms with E-state index < -0.39 is 0 Å². The van der Waals surface area contributed by atoms with Gasteiger partial charge in [0.25, 0.3) is 0 Å². The van der Waals surface area contributed by atoms with Crippen LogP contribution in [0.1, 0.15) is 67.2 Å². The third-order valence-corrected chi connectivity index (χ3v) is 2.99. The zero-order chi connectivity index (χ0) is 11.9. The molecule has 0 aliphatic rings. The first-order valence-corrected chi connectivity index (χ1v) is 6.53. The van der Waals surface area contributed by atoms with Crippen LogP contribution in [-0.4, -0.2) is 12.2 Å². The normalized spacial score (nSPS) is 12.8. The Bertz CT molecular complexity index is 137. The van der Waals surface area contributed by atoms with Crippen LogP contribution in [-0.2, 0) is 4.74 Å². The Balaban J connectivity index is 4.05. The van der Waals surface area contributed by atoms with E-state index in [1.807, 2.05) is 0 Å². The number of hydrogen-bond donors (Lipinski definition) is 0. The van der Waals surface area contributed by atoms with Crippen molar-refractivity contribution in [3.63, 3.8) is 0 Å². The highest BCUT2D eigenvalue weighted by Gasteiger charge is 2.24. The van der Waals surface area contributed by atoms with Gasteiger partial charge in [-0.3, -0.25) is 0 Å². The van der Waals surface area contributed by atoms with E-state index in [2.05, 4.69) is 41.5 Å². The Labute approximate surface area is 96.6 Å². The maximum atomic E-state index is 5.93. The molecule has 0 heterocycles. The lowest BCUT2D eigenvalue weighted by Gasteiger charge is -2.31. The maximum absolute atomic E-state index is 5.93. The molecule has 0 aromatic rings. The number of rotatable bonds is 8. The summed E-state index contributed by atoms with van der Waals surface area (Å²) < 4.78 is 5.93. The van der Waals surface area contributed by atoms with Gasteiger partial charge in [0.15, 0.2) is 0 Å². The van der Waals surface area contributed by atoms with Gasteiger partial charge in [0, 0.05) is 6.61 Å². The Morgan fingerprint density at radius 2 is 1.33 bits per heavy atom. The third-order valence-electron chi connectivity index (χ3n) is 2.99. The second-order valence-corrected chi connectivity index (χ2v) is 5.75. The van der Waals surface area contributed by atoms with E-state index >= 15 is 0 Å². The van der Waals surface area contributed by atoms with Gasteiger partial charge in [-0.05, 0) is 51.4 Å². The minimum Gasteiger partial charge on any atom is -0.376 e. The highest BCUT2D eigenvalue weighted by atomic mass is 16.5. The van der Waals surface area contributed by atoms with E-state index in [0.717, 1.165) is 18.4 Å². The van der Waals surface area contributed by atoms with Gasteiger partial charge in [-0.1, -0.05) is 27.7 Å². The zero-order valence-electron chi connectivity index (χ0n) is 11.6. The molecule has 0 aromatic carbocycles. The Hall–Kier alpha value is -0.0400. The van der Waals surface area contributed by atoms with Crippen molar-refractivity contribution in [1.29, 1.82) is 0 Å². The summed E-state index contributed by atoms with van der Waals surface area (Å²) in [7, 11) is 0. The fourth-order valence-corrected chi connectivity index (χ4v) is 1.81. The molecule has 0 rings (SSSR count). The number of ether oxygens (including phenoxy) is 1. The molecule has 0 aromatic heterocycles. The second kappa shape index (κ2) is 7.27. The predicted octanol–water partition coefficient (Wildman–Crippen LogP) is 4.65. The molecular formula is C14H30O. The zero-order valence-corrected chi connectivity index (χ0v) is 11.6. The molecule has 0 aliphatic heterocycles. The SMILES string of the molecule is CCOC(C)(CCC(C)C)CCC(C)C. The summed E-state index contributed by atoms with van der Waals surface area (Å²) in [5.74, 6) is 1.56. The lowest BCUT2D eigenvalue weighted by atomic mass is 9.88. The molecule has 0 atom stereocenters. The van der Waals surface area contributed by atoms with Crippen molar-refractivity contribution in [2.45, 2.75) is 72.8 Å². The first kappa shape index (κ1) is 15.0. The van der Waals surface area contributed by atoms with Crippen molar-refractivity contribution >= 4 is 0 Å². The van der Waals surface area contributed by atoms with E-state index in [4.69, 9.17) is 4.74 Å². The van der Waals surface area contributed by atoms with E-state index in [-0.39, 0.29) is 5.60 Å². The highest BCUT2D eigenvalue weighted by Crippen LogP contribution is 2.27. The van der Waals surface area contributed by atoms with Crippen molar-refractivity contribution in [2.24, 2.45) is 11.8 Å². The lowest BCUT2D eigenvalue weighted by molar-refractivity contribution is -0.0434. The molecule has 0 saturated carbocycles. The third kappa shape index (κ3) is 7.84. The molecule has 0 amide bonds. The van der Waals surface area contributed by atoms with Crippen LogP contribution in [0.4, 0.5) is 0 Å². The summed E-state index contributed by atoms with van der Waals surface area (Å²) in [6.45, 7) is 14.4. The minimum absolute atomic E-state index is 0.114. The lowest BCUT2D eigenvalue weighted by Crippen LogP contribution is -2.29. The van der Waals surface area contributed by atoms with Crippen LogP contribution in [0.25, 0.3) is 0 Å². The van der Waals surface area contributed by atoms with Crippen molar-refractivity contribution in [3.8, 4) is 0 Å². The average molecular weight is 214 g/mol. The molecule has 0 radical (unpaired) electrons. The van der Waals surface area contributed by atoms with E-state index in [1.165, 1.54) is 25.7 Å². The molecule has 15 heavy (non-hydrogen) atoms. The van der Waals surface area contributed by atoms with Gasteiger partial charge in [-0.25, -0.2) is 0 Å². The van der Waals surface area contributed by atoms with E-state index in [0.29, 0.717) is 0 Å². The van der Waals surface area contributed by atoms with Crippen LogP contribution in [0.3, 0.4) is 0 Å². The summed E-state index contributed by atoms with van der Waals surface area (Å²) in [6.07, 6.45) is 4.94. The molecule has 0 unspecified atom stereocenters. The summed E-state index contributed by atoms with van der Waals surface area (Å²) in [5, 5.41) is 0. The first-order valence-electron chi connectivity index (χ1n) is 6.53. The van der Waals surface area contributed by atoms with Crippen LogP contribution in [0, 0.1) is 11.8 Å². The van der Waals surface area contributed by atoms with Crippen molar-refractivity contribution in [2.75, 3.05) is 6.61 Å². The number of hydrogen-bond acceptors (Lipinski definition) is 1. The van der Waals surface area contributed by atoms with Crippen molar-refractivity contribution < 1.29 is 4.74 Å². The second-order valence-electron chi connectivity index (χ2n) is 5.75. The topological polar surface area (TPSA) is 9.23 Å². The van der Waals surface area contributed by atoms with Gasteiger partial charge in [-0.15, -0.1) is 0 Å². The molecule has 92 valence electrons. The Morgan fingerprint density at radius 1 is 0.933 bits per heavy atom. The molecule has 1 heteroatoms. The predicted molar refractivity (Wildman–Crippen MR) is 68.2 cm³/mol. The molecule has 0 saturated heterocycles. The fraction of sp³-hybridized carbons (Fsp3) is 1.00. The maximum Gasteiger partial charge on any atom is 0.0654 e. The molecule has 0 spiro atoms. The molecule has 0 bridgehead atoms. The van der Waals surface area contributed by atoms with E-state index in [1.54, 1.807) is 0 Å². The standard InChI is InChI=1S/C14H30O/c1-7-15-14(6,10-8-12(2)3)11-9-13(4)5/h12-13H,7-11H2,1-6H3. The van der Waals surface area contributed by atoms with Crippen LogP contribution in [0.2, 0.25) is 0 Å². The summed E-state index contributed by atoms with van der Waals surface area (Å²) >= 11 is 0. The van der Waals surface area contributed by atoms with Crippen LogP contribution in [0.15, 0.2) is 0 Å². The molecule has 1 nitrogen and oxygen atoms in total. The summed E-state index contributed by atoms with van der Waals surface area (Å²) in [6, 6.07) is 0. The van der Waals surface area contributed by atoms with E-state index in [9.17, 15) is 0 Å². The first-order chi connectivity index (χ1) is 6.89. The average Bonchev–Trinajstić information content (AvgIpc) is 2.13. The van der Waals surface area contributed by atoms with Gasteiger partial charge in [0.05, 0.1) is 5.60 Å². The van der Waals surface area contributed by atoms with Gasteiger partial charge < -0.3 is 4.74 Å². The van der Waals surface area contributed by atoms with Crippen LogP contribution < -0.4 is 0 Å². The van der Waals surface area contributed by atoms with Gasteiger partial charge in [0.1, 0.15) is 0 Å². The fourth-order valence-electron chi connectivity index (χ4n) is 1.81. The Morgan fingerprint density at radius 3 is 1.60 bits per heavy atom. The molecule has 0 N–H and O–H groups in total. The van der Waals surface area contributed by atoms with Crippen LogP contribution >= 0.6 is 0 Å². The highest BCUT2D eigenvalue weighted by molar-refractivity contribution is 4.76. The molecule has 0 aliphatic carbocycles. The van der Waals surface area contributed by atoms with Crippen molar-refractivity contribution in [3.05, 3.63) is 0 Å². The largest absolute Gasteiger partial charge is 0.376 e. The monoisotopic (exact) mass is 214 g/mol. The smallest absolute Gasteiger partial charge is 0.0654 e. The molecule has 0 fully saturated rings. The van der Waals surface area contributed by atoms with Crippen molar-refractivity contribution in [1.82, 2.24) is 0 Å². The quantitative estimate of drug-likeness (QED) is 0.571. The van der Waals surface area contributed by atoms with Gasteiger partial charge in [-0.2, -0.15) is 0 Å².